The number of rotatable bonds is 3. The van der Waals surface area contributed by atoms with Gasteiger partial charge in [-0.05, 0) is 69.7 Å². The molecule has 1 spiro atoms. The topological polar surface area (TPSA) is 74.9 Å². The van der Waals surface area contributed by atoms with Crippen LogP contribution in [0.1, 0.15) is 66.3 Å². The molecule has 2 bridgehead atoms. The summed E-state index contributed by atoms with van der Waals surface area (Å²) in [6.45, 7) is 5.95. The van der Waals surface area contributed by atoms with Crippen LogP contribution in [-0.2, 0) is 17.4 Å². The molecule has 31 heavy (non-hydrogen) atoms. The van der Waals surface area contributed by atoms with Crippen LogP contribution in [0.25, 0.3) is 0 Å². The Labute approximate surface area is 181 Å². The zero-order valence-corrected chi connectivity index (χ0v) is 18.0. The number of Topliss-reactive ketones (excluding diaryl/α,β-unsaturated/α-hetero) is 1. The van der Waals surface area contributed by atoms with E-state index in [2.05, 4.69) is 18.7 Å². The minimum absolute atomic E-state index is 0.0629. The molecule has 1 aromatic carbocycles. The number of aromatic nitrogens is 1. The van der Waals surface area contributed by atoms with Crippen molar-refractivity contribution in [3.05, 3.63) is 46.8 Å². The van der Waals surface area contributed by atoms with Crippen molar-refractivity contribution in [2.45, 2.75) is 68.7 Å². The third-order valence-corrected chi connectivity index (χ3v) is 8.71. The number of aromatic hydroxyl groups is 1. The fraction of sp³-hybridized carbons (Fsp3) is 0.560. The monoisotopic (exact) mass is 420 g/mol. The Kier molecular flexibility index (Phi) is 3.26. The molecule has 2 N–H and O–H groups in total. The lowest BCUT2D eigenvalue weighted by molar-refractivity contribution is -0.170. The number of phenolic OH excluding ortho intramolecular Hbond substituents is 1. The first kappa shape index (κ1) is 18.3. The largest absolute Gasteiger partial charge is 0.504 e. The van der Waals surface area contributed by atoms with Crippen molar-refractivity contribution in [1.29, 1.82) is 0 Å². The summed E-state index contributed by atoms with van der Waals surface area (Å²) in [6, 6.07) is 5.60. The quantitative estimate of drug-likeness (QED) is 0.799. The van der Waals surface area contributed by atoms with E-state index in [-0.39, 0.29) is 23.6 Å². The zero-order chi connectivity index (χ0) is 21.3. The number of ether oxygens (including phenoxy) is 1. The molecule has 1 saturated carbocycles. The van der Waals surface area contributed by atoms with Crippen molar-refractivity contribution >= 4 is 5.78 Å². The normalized spacial score (nSPS) is 35.2. The van der Waals surface area contributed by atoms with Gasteiger partial charge >= 0.3 is 0 Å². The number of phenols is 1. The van der Waals surface area contributed by atoms with E-state index in [0.717, 1.165) is 35.7 Å². The Morgan fingerprint density at radius 1 is 1.26 bits per heavy atom. The van der Waals surface area contributed by atoms with Gasteiger partial charge in [0.15, 0.2) is 17.6 Å². The maximum atomic E-state index is 13.9. The van der Waals surface area contributed by atoms with Crippen LogP contribution >= 0.6 is 0 Å². The van der Waals surface area contributed by atoms with Crippen LogP contribution in [0.4, 0.5) is 0 Å². The lowest BCUT2D eigenvalue weighted by Gasteiger charge is -2.62. The summed E-state index contributed by atoms with van der Waals surface area (Å²) in [6.07, 6.45) is 5.03. The van der Waals surface area contributed by atoms with E-state index in [1.54, 1.807) is 6.07 Å². The van der Waals surface area contributed by atoms with Gasteiger partial charge in [-0.2, -0.15) is 0 Å². The van der Waals surface area contributed by atoms with Gasteiger partial charge in [-0.1, -0.05) is 6.07 Å². The van der Waals surface area contributed by atoms with Gasteiger partial charge in [-0.15, -0.1) is 0 Å². The molecule has 3 aliphatic carbocycles. The van der Waals surface area contributed by atoms with Crippen molar-refractivity contribution in [3.8, 4) is 11.5 Å². The highest BCUT2D eigenvalue weighted by Crippen LogP contribution is 2.67. The minimum Gasteiger partial charge on any atom is -0.504 e. The second-order valence-electron chi connectivity index (χ2n) is 10.5. The van der Waals surface area contributed by atoms with Gasteiger partial charge < -0.3 is 19.5 Å². The van der Waals surface area contributed by atoms with Crippen LogP contribution in [0.15, 0.2) is 24.4 Å². The van der Waals surface area contributed by atoms with Gasteiger partial charge in [0.2, 0.25) is 5.78 Å². The van der Waals surface area contributed by atoms with Crippen molar-refractivity contribution < 1.29 is 19.7 Å². The van der Waals surface area contributed by atoms with Gasteiger partial charge in [0.1, 0.15) is 5.60 Å². The molecule has 4 atom stereocenters. The number of likely N-dealkylation sites (tertiary alicyclic amines) is 1. The Hall–Kier alpha value is -2.31. The number of fused-ring (bicyclic) bond motifs is 1. The molecule has 7 rings (SSSR count). The molecule has 2 aromatic rings. The van der Waals surface area contributed by atoms with Crippen molar-refractivity contribution in [3.63, 3.8) is 0 Å². The van der Waals surface area contributed by atoms with Crippen LogP contribution < -0.4 is 4.74 Å². The van der Waals surface area contributed by atoms with E-state index in [4.69, 9.17) is 4.74 Å². The molecule has 6 heteroatoms. The smallest absolute Gasteiger partial charge is 0.221 e. The molecule has 1 unspecified atom stereocenters. The molecule has 3 heterocycles. The molecule has 5 aliphatic rings. The molecular formula is C25H28N2O4. The molecule has 1 saturated heterocycles. The number of carbonyl (C=O) groups excluding carboxylic acids is 1. The molecule has 2 aliphatic heterocycles. The molecule has 162 valence electrons. The van der Waals surface area contributed by atoms with Crippen LogP contribution in [0, 0.1) is 5.92 Å². The highest BCUT2D eigenvalue weighted by molar-refractivity contribution is 6.04. The Morgan fingerprint density at radius 2 is 2.06 bits per heavy atom. The van der Waals surface area contributed by atoms with Gasteiger partial charge in [0.05, 0.1) is 11.1 Å². The molecule has 6 nitrogen and oxygen atoms in total. The Balaban J connectivity index is 1.54. The van der Waals surface area contributed by atoms with E-state index in [0.29, 0.717) is 24.3 Å². The van der Waals surface area contributed by atoms with E-state index >= 15 is 0 Å². The molecule has 1 aromatic heterocycles. The standard InChI is InChI=1S/C25H28N2O4/c1-13(2)27-9-7-16-20(27)21(29)23-24-8-10-26(12-14-3-4-14)18(25(16,24)30)11-15-5-6-17(28)22(31-23)19(15)24/h5-7,9,13-14,18,23,28,30H,3-4,8,10-12H2,1-2H3/t18?,23-,24-,25+/m0/s1. The van der Waals surface area contributed by atoms with E-state index in [1.165, 1.54) is 12.8 Å². The first-order chi connectivity index (χ1) is 14.9. The first-order valence-corrected chi connectivity index (χ1v) is 11.6. The van der Waals surface area contributed by atoms with E-state index in [9.17, 15) is 15.0 Å². The number of hydrogen-bond acceptors (Lipinski definition) is 5. The van der Waals surface area contributed by atoms with E-state index in [1.807, 2.05) is 22.9 Å². The lowest BCUT2D eigenvalue weighted by Crippen LogP contribution is -2.75. The van der Waals surface area contributed by atoms with Crippen LogP contribution in [0.2, 0.25) is 0 Å². The van der Waals surface area contributed by atoms with Gasteiger partial charge in [0.25, 0.3) is 0 Å². The summed E-state index contributed by atoms with van der Waals surface area (Å²) in [5.41, 5.74) is 1.24. The SMILES string of the molecule is CC(C)n1ccc2c1C(=O)[C@@H]1Oc3c(O)ccc4c3[C@@]13CCN(CC1CC1)C(C4)[C@]23O. The van der Waals surface area contributed by atoms with Crippen LogP contribution in [0.5, 0.6) is 11.5 Å². The summed E-state index contributed by atoms with van der Waals surface area (Å²) in [7, 11) is 0. The maximum absolute atomic E-state index is 13.9. The maximum Gasteiger partial charge on any atom is 0.221 e. The molecule has 2 fully saturated rings. The predicted molar refractivity (Wildman–Crippen MR) is 114 cm³/mol. The summed E-state index contributed by atoms with van der Waals surface area (Å²) < 4.78 is 8.26. The number of ketones is 1. The van der Waals surface area contributed by atoms with Gasteiger partial charge in [-0.25, -0.2) is 0 Å². The zero-order valence-electron chi connectivity index (χ0n) is 18.0. The highest BCUT2D eigenvalue weighted by Gasteiger charge is 2.75. The average Bonchev–Trinajstić information content (AvgIpc) is 3.30. The summed E-state index contributed by atoms with van der Waals surface area (Å²) in [4.78, 5) is 16.4. The highest BCUT2D eigenvalue weighted by atomic mass is 16.5. The van der Waals surface area contributed by atoms with Gasteiger partial charge in [0, 0.05) is 36.0 Å². The van der Waals surface area contributed by atoms with E-state index < -0.39 is 17.1 Å². The summed E-state index contributed by atoms with van der Waals surface area (Å²) in [5, 5.41) is 23.4. The van der Waals surface area contributed by atoms with Crippen LogP contribution in [-0.4, -0.2) is 50.7 Å². The molecule has 0 amide bonds. The third kappa shape index (κ3) is 1.91. The Morgan fingerprint density at radius 3 is 2.81 bits per heavy atom. The first-order valence-electron chi connectivity index (χ1n) is 11.6. The fourth-order valence-corrected chi connectivity index (χ4v) is 7.22. The second kappa shape index (κ2) is 5.54. The predicted octanol–water partition coefficient (Wildman–Crippen LogP) is 2.90. The van der Waals surface area contributed by atoms with Gasteiger partial charge in [-0.3, -0.25) is 9.69 Å². The number of hydrogen-bond donors (Lipinski definition) is 2. The number of piperidine rings is 1. The van der Waals surface area contributed by atoms with Crippen LogP contribution in [0.3, 0.4) is 0 Å². The third-order valence-electron chi connectivity index (χ3n) is 8.71. The number of carbonyl (C=O) groups is 1. The number of aliphatic hydroxyl groups is 1. The molecular weight excluding hydrogens is 392 g/mol. The van der Waals surface area contributed by atoms with Crippen molar-refractivity contribution in [1.82, 2.24) is 9.47 Å². The second-order valence-corrected chi connectivity index (χ2v) is 10.5. The van der Waals surface area contributed by atoms with Crippen molar-refractivity contribution in [2.75, 3.05) is 13.1 Å². The number of nitrogens with zero attached hydrogens (tertiary/aromatic N) is 2. The number of benzene rings is 1. The van der Waals surface area contributed by atoms with Crippen molar-refractivity contribution in [2.24, 2.45) is 5.92 Å². The minimum atomic E-state index is -1.22. The fourth-order valence-electron chi connectivity index (χ4n) is 7.22. The Bertz CT molecular complexity index is 1150. The summed E-state index contributed by atoms with van der Waals surface area (Å²) >= 11 is 0. The molecule has 0 radical (unpaired) electrons. The summed E-state index contributed by atoms with van der Waals surface area (Å²) in [5.74, 6) is 1.11. The lowest BCUT2D eigenvalue weighted by atomic mass is 9.48. The average molecular weight is 421 g/mol.